The number of sulfonamides is 1. The lowest BCUT2D eigenvalue weighted by Gasteiger charge is -2.26. The highest BCUT2D eigenvalue weighted by Gasteiger charge is 2.33. The van der Waals surface area contributed by atoms with E-state index in [0.29, 0.717) is 25.5 Å². The Bertz CT molecular complexity index is 1140. The topological polar surface area (TPSA) is 115 Å². The summed E-state index contributed by atoms with van der Waals surface area (Å²) >= 11 is 0. The van der Waals surface area contributed by atoms with Crippen molar-refractivity contribution in [1.82, 2.24) is 4.98 Å². The number of carbonyl (C=O) groups excluding carboxylic acids is 1. The predicted octanol–water partition coefficient (Wildman–Crippen LogP) is 2.93. The molecule has 4 rings (SSSR count). The fourth-order valence-electron chi connectivity index (χ4n) is 3.90. The van der Waals surface area contributed by atoms with Gasteiger partial charge in [0.2, 0.25) is 21.8 Å². The second-order valence-electron chi connectivity index (χ2n) is 8.00. The molecule has 0 saturated carbocycles. The van der Waals surface area contributed by atoms with Crippen molar-refractivity contribution in [1.29, 1.82) is 0 Å². The first kappa shape index (κ1) is 22.4. The number of benzene rings is 1. The Morgan fingerprint density at radius 2 is 2.00 bits per heavy atom. The van der Waals surface area contributed by atoms with E-state index in [0.717, 1.165) is 12.0 Å². The molecule has 3 heterocycles. The van der Waals surface area contributed by atoms with Gasteiger partial charge in [0.05, 0.1) is 17.1 Å². The zero-order valence-corrected chi connectivity index (χ0v) is 18.1. The molecule has 0 spiro atoms. The van der Waals surface area contributed by atoms with Gasteiger partial charge in [0.1, 0.15) is 5.82 Å². The molecule has 0 aliphatic carbocycles. The number of amides is 1. The highest BCUT2D eigenvalue weighted by atomic mass is 32.2. The fourth-order valence-corrected chi connectivity index (χ4v) is 4.46. The van der Waals surface area contributed by atoms with Crippen LogP contribution in [0.2, 0.25) is 0 Å². The number of fused-ring (bicyclic) bond motifs is 1. The maximum absolute atomic E-state index is 13.9. The number of nitrogens with two attached hydrogens (primary N) is 1. The minimum atomic E-state index is -3.94. The molecule has 0 radical (unpaired) electrons. The summed E-state index contributed by atoms with van der Waals surface area (Å²) in [4.78, 5) is 19.3. The molecule has 1 saturated heterocycles. The molecule has 0 bridgehead atoms. The molecular weight excluding hydrogens is 442 g/mol. The maximum atomic E-state index is 13.9. The van der Waals surface area contributed by atoms with E-state index in [4.69, 9.17) is 9.88 Å². The summed E-state index contributed by atoms with van der Waals surface area (Å²) in [6, 6.07) is 7.26. The van der Waals surface area contributed by atoms with Gasteiger partial charge in [-0.05, 0) is 43.5 Å². The Morgan fingerprint density at radius 3 is 2.78 bits per heavy atom. The Hall–Kier alpha value is -2.79. The first-order valence-electron chi connectivity index (χ1n) is 10.4. The summed E-state index contributed by atoms with van der Waals surface area (Å²) in [7, 11) is -3.94. The Labute approximate surface area is 184 Å². The third-order valence-corrected chi connectivity index (χ3v) is 6.46. The Kier molecular flexibility index (Phi) is 6.04. The molecule has 2 aromatic rings. The normalized spacial score (nSPS) is 18.3. The molecule has 32 heavy (non-hydrogen) atoms. The van der Waals surface area contributed by atoms with Gasteiger partial charge in [0.25, 0.3) is 5.91 Å². The van der Waals surface area contributed by atoms with Crippen LogP contribution >= 0.6 is 0 Å². The van der Waals surface area contributed by atoms with Crippen LogP contribution in [-0.2, 0) is 16.4 Å². The van der Waals surface area contributed by atoms with Gasteiger partial charge in [0, 0.05) is 37.2 Å². The van der Waals surface area contributed by atoms with Gasteiger partial charge in [-0.25, -0.2) is 22.3 Å². The zero-order valence-electron chi connectivity index (χ0n) is 17.3. The molecular formula is C21H24F2N4O4S. The van der Waals surface area contributed by atoms with Crippen LogP contribution < -0.4 is 20.1 Å². The van der Waals surface area contributed by atoms with Crippen LogP contribution in [0.3, 0.4) is 0 Å². The number of pyridine rings is 1. The molecule has 11 heteroatoms. The number of hydrogen-bond donors (Lipinski definition) is 2. The number of nitrogens with zero attached hydrogens (tertiary/aromatic N) is 2. The van der Waals surface area contributed by atoms with Crippen molar-refractivity contribution in [2.24, 2.45) is 5.14 Å². The van der Waals surface area contributed by atoms with Crippen LogP contribution in [0.1, 0.15) is 41.6 Å². The Morgan fingerprint density at radius 1 is 1.19 bits per heavy atom. The number of aromatic nitrogens is 1. The number of rotatable bonds is 4. The van der Waals surface area contributed by atoms with E-state index in [9.17, 15) is 22.0 Å². The van der Waals surface area contributed by atoms with Crippen molar-refractivity contribution < 1.29 is 26.7 Å². The fraction of sp³-hybridized carbons (Fsp3) is 0.429. The second-order valence-corrected chi connectivity index (χ2v) is 9.56. The minimum absolute atomic E-state index is 0.0555. The van der Waals surface area contributed by atoms with Crippen LogP contribution in [-0.4, -0.2) is 44.9 Å². The molecule has 172 valence electrons. The van der Waals surface area contributed by atoms with E-state index in [1.807, 2.05) is 0 Å². The predicted molar refractivity (Wildman–Crippen MR) is 115 cm³/mol. The van der Waals surface area contributed by atoms with E-state index in [-0.39, 0.29) is 47.8 Å². The molecule has 1 fully saturated rings. The van der Waals surface area contributed by atoms with E-state index < -0.39 is 21.9 Å². The van der Waals surface area contributed by atoms with Crippen LogP contribution in [0, 0.1) is 0 Å². The largest absolute Gasteiger partial charge is 0.477 e. The number of anilines is 2. The molecule has 3 N–H and O–H groups in total. The number of carbonyl (C=O) groups is 1. The van der Waals surface area contributed by atoms with E-state index in [1.54, 1.807) is 11.0 Å². The maximum Gasteiger partial charge on any atom is 0.259 e. The van der Waals surface area contributed by atoms with E-state index in [2.05, 4.69) is 10.3 Å². The lowest BCUT2D eigenvalue weighted by molar-refractivity contribution is -0.0102. The number of alkyl halides is 2. The molecule has 0 atom stereocenters. The minimum Gasteiger partial charge on any atom is -0.477 e. The second kappa shape index (κ2) is 8.62. The summed E-state index contributed by atoms with van der Waals surface area (Å²) in [5, 5.41) is 7.84. The van der Waals surface area contributed by atoms with Crippen molar-refractivity contribution in [2.45, 2.75) is 42.9 Å². The van der Waals surface area contributed by atoms with Crippen molar-refractivity contribution >= 4 is 27.4 Å². The van der Waals surface area contributed by atoms with Gasteiger partial charge in [-0.1, -0.05) is 6.07 Å². The highest BCUT2D eigenvalue weighted by Crippen LogP contribution is 2.34. The highest BCUT2D eigenvalue weighted by molar-refractivity contribution is 7.89. The lowest BCUT2D eigenvalue weighted by atomic mass is 10.1. The SMILES string of the molecule is NS(=O)(=O)c1cccc(NC(=O)c2cc3c(nc2N2CCCC(F)(F)CC2)OCCC3)c1. The van der Waals surface area contributed by atoms with Gasteiger partial charge < -0.3 is 15.0 Å². The first-order valence-corrected chi connectivity index (χ1v) is 11.9. The van der Waals surface area contributed by atoms with Crippen molar-refractivity contribution in [3.05, 3.63) is 41.5 Å². The molecule has 1 amide bonds. The number of hydrogen-bond acceptors (Lipinski definition) is 6. The monoisotopic (exact) mass is 466 g/mol. The number of primary sulfonamides is 1. The molecule has 2 aliphatic heterocycles. The lowest BCUT2D eigenvalue weighted by Crippen LogP contribution is -2.30. The molecule has 2 aliphatic rings. The third kappa shape index (κ3) is 4.99. The van der Waals surface area contributed by atoms with Crippen LogP contribution in [0.15, 0.2) is 35.2 Å². The van der Waals surface area contributed by atoms with E-state index >= 15 is 0 Å². The quantitative estimate of drug-likeness (QED) is 0.716. The number of halogens is 2. The van der Waals surface area contributed by atoms with Crippen LogP contribution in [0.5, 0.6) is 5.88 Å². The van der Waals surface area contributed by atoms with Gasteiger partial charge in [-0.2, -0.15) is 4.98 Å². The summed E-state index contributed by atoms with van der Waals surface area (Å²) in [6.07, 6.45) is 1.18. The van der Waals surface area contributed by atoms with Gasteiger partial charge in [0.15, 0.2) is 0 Å². The standard InChI is InChI=1S/C21H24F2N4O4S/c22-21(23)7-3-9-27(10-8-21)18-17(12-14-4-2-11-31-20(14)26-18)19(28)25-15-5-1-6-16(13-15)32(24,29)30/h1,5-6,12-13H,2-4,7-11H2,(H,25,28)(H2,24,29,30). The number of ether oxygens (including phenoxy) is 1. The smallest absolute Gasteiger partial charge is 0.259 e. The zero-order chi connectivity index (χ0) is 22.9. The van der Waals surface area contributed by atoms with Crippen LogP contribution in [0.4, 0.5) is 20.3 Å². The van der Waals surface area contributed by atoms with Gasteiger partial charge >= 0.3 is 0 Å². The van der Waals surface area contributed by atoms with Gasteiger partial charge in [-0.15, -0.1) is 0 Å². The third-order valence-electron chi connectivity index (χ3n) is 5.55. The number of aryl methyl sites for hydroxylation is 1. The van der Waals surface area contributed by atoms with Crippen molar-refractivity contribution in [2.75, 3.05) is 29.9 Å². The van der Waals surface area contributed by atoms with E-state index in [1.165, 1.54) is 24.3 Å². The summed E-state index contributed by atoms with van der Waals surface area (Å²) in [6.45, 7) is 0.895. The molecule has 0 unspecified atom stereocenters. The Balaban J connectivity index is 1.68. The van der Waals surface area contributed by atoms with Crippen molar-refractivity contribution in [3.8, 4) is 5.88 Å². The van der Waals surface area contributed by atoms with Crippen LogP contribution in [0.25, 0.3) is 0 Å². The molecule has 8 nitrogen and oxygen atoms in total. The average Bonchev–Trinajstić information content (AvgIpc) is 2.92. The summed E-state index contributed by atoms with van der Waals surface area (Å²) in [5.41, 5.74) is 1.23. The molecule has 1 aromatic carbocycles. The average molecular weight is 467 g/mol. The summed E-state index contributed by atoms with van der Waals surface area (Å²) in [5.74, 6) is -2.59. The first-order chi connectivity index (χ1) is 15.1. The van der Waals surface area contributed by atoms with Gasteiger partial charge in [-0.3, -0.25) is 4.79 Å². The number of nitrogens with one attached hydrogen (secondary N) is 1. The molecule has 1 aromatic heterocycles. The summed E-state index contributed by atoms with van der Waals surface area (Å²) < 4.78 is 56.7. The van der Waals surface area contributed by atoms with Crippen molar-refractivity contribution in [3.63, 3.8) is 0 Å².